The zero-order chi connectivity index (χ0) is 20.9. The Morgan fingerprint density at radius 2 is 1.84 bits per heavy atom. The van der Waals surface area contributed by atoms with E-state index < -0.39 is 0 Å². The normalized spacial score (nSPS) is 20.4. The molecule has 2 heterocycles. The summed E-state index contributed by atoms with van der Waals surface area (Å²) in [7, 11) is 1.83. The van der Waals surface area contributed by atoms with Crippen LogP contribution in [0.15, 0.2) is 35.3 Å². The molecule has 2 N–H and O–H groups in total. The van der Waals surface area contributed by atoms with Crippen LogP contribution < -0.4 is 10.6 Å². The lowest BCUT2D eigenvalue weighted by Gasteiger charge is -2.34. The SMILES string of the molecule is CN=C(NCCCOCC1CCOC1)NCCN1CCN(Cc2ccccc2)CC1.I. The summed E-state index contributed by atoms with van der Waals surface area (Å²) in [5, 5.41) is 6.81. The highest BCUT2D eigenvalue weighted by Crippen LogP contribution is 2.12. The fourth-order valence-electron chi connectivity index (χ4n) is 3.91. The van der Waals surface area contributed by atoms with E-state index >= 15 is 0 Å². The third kappa shape index (κ3) is 10.5. The molecule has 2 saturated heterocycles. The number of ether oxygens (including phenoxy) is 2. The number of nitrogens with zero attached hydrogens (tertiary/aromatic N) is 3. The van der Waals surface area contributed by atoms with Gasteiger partial charge in [-0.15, -0.1) is 24.0 Å². The molecule has 31 heavy (non-hydrogen) atoms. The first-order chi connectivity index (χ1) is 14.8. The molecule has 1 atom stereocenters. The second-order valence-electron chi connectivity index (χ2n) is 8.19. The van der Waals surface area contributed by atoms with Crippen LogP contribution in [0, 0.1) is 5.92 Å². The van der Waals surface area contributed by atoms with Crippen LogP contribution >= 0.6 is 24.0 Å². The average molecular weight is 546 g/mol. The van der Waals surface area contributed by atoms with Gasteiger partial charge in [-0.3, -0.25) is 14.8 Å². The Labute approximate surface area is 205 Å². The number of aliphatic imine (C=N–C) groups is 1. The molecule has 1 unspecified atom stereocenters. The molecule has 1 aromatic carbocycles. The molecule has 0 aromatic heterocycles. The number of halogens is 1. The first-order valence-corrected chi connectivity index (χ1v) is 11.4. The van der Waals surface area contributed by atoms with Crippen molar-refractivity contribution in [2.45, 2.75) is 19.4 Å². The van der Waals surface area contributed by atoms with Gasteiger partial charge in [-0.25, -0.2) is 0 Å². The standard InChI is InChI=1S/C23H39N5O2.HI/c1-24-23(25-9-5-16-29-19-22-8-17-30-20-22)26-10-11-27-12-14-28(15-13-27)18-21-6-3-2-4-7-21;/h2-4,6-7,22H,5,8-20H2,1H3,(H2,24,25,26);1H. The fraction of sp³-hybridized carbons (Fsp3) is 0.696. The topological polar surface area (TPSA) is 61.4 Å². The summed E-state index contributed by atoms with van der Waals surface area (Å²) in [6.07, 6.45) is 2.12. The minimum Gasteiger partial charge on any atom is -0.381 e. The van der Waals surface area contributed by atoms with Crippen LogP contribution in [0.4, 0.5) is 0 Å². The fourth-order valence-corrected chi connectivity index (χ4v) is 3.91. The summed E-state index contributed by atoms with van der Waals surface area (Å²) in [5.41, 5.74) is 1.40. The zero-order valence-corrected chi connectivity index (χ0v) is 21.3. The number of hydrogen-bond donors (Lipinski definition) is 2. The van der Waals surface area contributed by atoms with E-state index in [0.29, 0.717) is 5.92 Å². The molecule has 1 aromatic rings. The van der Waals surface area contributed by atoms with Gasteiger partial charge in [0.2, 0.25) is 0 Å². The van der Waals surface area contributed by atoms with Crippen LogP contribution in [0.3, 0.4) is 0 Å². The minimum absolute atomic E-state index is 0. The lowest BCUT2D eigenvalue weighted by molar-refractivity contribution is 0.0888. The molecule has 0 radical (unpaired) electrons. The van der Waals surface area contributed by atoms with Gasteiger partial charge in [0.15, 0.2) is 5.96 Å². The van der Waals surface area contributed by atoms with Crippen molar-refractivity contribution in [3.63, 3.8) is 0 Å². The molecule has 2 aliphatic rings. The Hall–Kier alpha value is -0.940. The van der Waals surface area contributed by atoms with E-state index in [9.17, 15) is 0 Å². The molecule has 2 fully saturated rings. The van der Waals surface area contributed by atoms with Crippen LogP contribution in [0.2, 0.25) is 0 Å². The molecule has 7 nitrogen and oxygen atoms in total. The number of guanidine groups is 1. The Morgan fingerprint density at radius 1 is 1.10 bits per heavy atom. The monoisotopic (exact) mass is 545 g/mol. The van der Waals surface area contributed by atoms with Crippen LogP contribution in [0.1, 0.15) is 18.4 Å². The molecule has 8 heteroatoms. The van der Waals surface area contributed by atoms with Crippen molar-refractivity contribution in [2.75, 3.05) is 79.3 Å². The highest BCUT2D eigenvalue weighted by Gasteiger charge is 2.17. The van der Waals surface area contributed by atoms with Crippen molar-refractivity contribution < 1.29 is 9.47 Å². The number of rotatable bonds is 11. The number of benzene rings is 1. The maximum atomic E-state index is 5.75. The van der Waals surface area contributed by atoms with Gasteiger partial charge in [0.25, 0.3) is 0 Å². The molecule has 0 spiro atoms. The minimum atomic E-state index is 0. The molecule has 176 valence electrons. The van der Waals surface area contributed by atoms with E-state index in [2.05, 4.69) is 55.8 Å². The van der Waals surface area contributed by atoms with Gasteiger partial charge in [-0.2, -0.15) is 0 Å². The second kappa shape index (κ2) is 15.8. The summed E-state index contributed by atoms with van der Waals surface area (Å²) >= 11 is 0. The zero-order valence-electron chi connectivity index (χ0n) is 18.9. The number of hydrogen-bond acceptors (Lipinski definition) is 5. The molecule has 0 saturated carbocycles. The van der Waals surface area contributed by atoms with Gasteiger partial charge in [0.1, 0.15) is 0 Å². The second-order valence-corrected chi connectivity index (χ2v) is 8.19. The van der Waals surface area contributed by atoms with E-state index in [1.807, 2.05) is 7.05 Å². The number of nitrogens with one attached hydrogen (secondary N) is 2. The van der Waals surface area contributed by atoms with E-state index in [0.717, 1.165) is 97.6 Å². The third-order valence-corrected chi connectivity index (χ3v) is 5.79. The van der Waals surface area contributed by atoms with Crippen molar-refractivity contribution >= 4 is 29.9 Å². The van der Waals surface area contributed by atoms with Crippen molar-refractivity contribution in [3.8, 4) is 0 Å². The lowest BCUT2D eigenvalue weighted by Crippen LogP contribution is -2.49. The largest absolute Gasteiger partial charge is 0.381 e. The lowest BCUT2D eigenvalue weighted by atomic mass is 10.1. The smallest absolute Gasteiger partial charge is 0.191 e. The van der Waals surface area contributed by atoms with Gasteiger partial charge < -0.3 is 20.1 Å². The molecule has 2 aliphatic heterocycles. The molecular weight excluding hydrogens is 505 g/mol. The summed E-state index contributed by atoms with van der Waals surface area (Å²) < 4.78 is 11.1. The van der Waals surface area contributed by atoms with Gasteiger partial charge in [-0.05, 0) is 18.4 Å². The van der Waals surface area contributed by atoms with Gasteiger partial charge >= 0.3 is 0 Å². The Morgan fingerprint density at radius 3 is 2.55 bits per heavy atom. The molecular formula is C23H40IN5O2. The molecule has 0 bridgehead atoms. The highest BCUT2D eigenvalue weighted by atomic mass is 127. The van der Waals surface area contributed by atoms with Crippen LogP contribution in [0.25, 0.3) is 0 Å². The average Bonchev–Trinajstić information content (AvgIpc) is 3.30. The van der Waals surface area contributed by atoms with E-state index in [4.69, 9.17) is 9.47 Å². The van der Waals surface area contributed by atoms with Gasteiger partial charge in [0, 0.05) is 78.5 Å². The van der Waals surface area contributed by atoms with Crippen LogP contribution in [-0.4, -0.2) is 95.0 Å². The Kier molecular flexibility index (Phi) is 13.4. The van der Waals surface area contributed by atoms with E-state index in [-0.39, 0.29) is 24.0 Å². The first-order valence-electron chi connectivity index (χ1n) is 11.4. The highest BCUT2D eigenvalue weighted by molar-refractivity contribution is 14.0. The maximum absolute atomic E-state index is 5.75. The van der Waals surface area contributed by atoms with Crippen LogP contribution in [0.5, 0.6) is 0 Å². The summed E-state index contributed by atoms with van der Waals surface area (Å²) in [5.74, 6) is 1.47. The summed E-state index contributed by atoms with van der Waals surface area (Å²) in [6, 6.07) is 10.8. The predicted molar refractivity (Wildman–Crippen MR) is 137 cm³/mol. The maximum Gasteiger partial charge on any atom is 0.191 e. The van der Waals surface area contributed by atoms with Crippen molar-refractivity contribution in [2.24, 2.45) is 10.9 Å². The van der Waals surface area contributed by atoms with Crippen LogP contribution in [-0.2, 0) is 16.0 Å². The predicted octanol–water partition coefficient (Wildman–Crippen LogP) is 2.03. The number of piperazine rings is 1. The summed E-state index contributed by atoms with van der Waals surface area (Å²) in [4.78, 5) is 9.39. The van der Waals surface area contributed by atoms with Crippen molar-refractivity contribution in [1.29, 1.82) is 0 Å². The quantitative estimate of drug-likeness (QED) is 0.192. The van der Waals surface area contributed by atoms with E-state index in [1.165, 1.54) is 5.56 Å². The Bertz CT molecular complexity index is 605. The molecule has 3 rings (SSSR count). The van der Waals surface area contributed by atoms with E-state index in [1.54, 1.807) is 0 Å². The molecule has 0 amide bonds. The van der Waals surface area contributed by atoms with Gasteiger partial charge in [0.05, 0.1) is 13.2 Å². The van der Waals surface area contributed by atoms with Gasteiger partial charge in [-0.1, -0.05) is 30.3 Å². The van der Waals surface area contributed by atoms with Crippen molar-refractivity contribution in [3.05, 3.63) is 35.9 Å². The Balaban J connectivity index is 0.00000341. The third-order valence-electron chi connectivity index (χ3n) is 5.79. The summed E-state index contributed by atoms with van der Waals surface area (Å²) in [6.45, 7) is 11.8. The molecule has 0 aliphatic carbocycles. The first kappa shape index (κ1) is 26.3. The van der Waals surface area contributed by atoms with Crippen molar-refractivity contribution in [1.82, 2.24) is 20.4 Å².